The zero-order chi connectivity index (χ0) is 21.1. The van der Waals surface area contributed by atoms with E-state index in [1.807, 2.05) is 66.7 Å². The molecule has 0 bridgehead atoms. The van der Waals surface area contributed by atoms with E-state index in [0.29, 0.717) is 5.75 Å². The van der Waals surface area contributed by atoms with E-state index < -0.39 is 0 Å². The zero-order valence-electron chi connectivity index (χ0n) is 17.3. The average molecular weight is 417 g/mol. The quantitative estimate of drug-likeness (QED) is 0.417. The molecule has 0 spiro atoms. The second-order valence-corrected chi connectivity index (χ2v) is 9.17. The van der Waals surface area contributed by atoms with Crippen molar-refractivity contribution in [2.45, 2.75) is 26.2 Å². The predicted octanol–water partition coefficient (Wildman–Crippen LogP) is 6.28. The molecule has 152 valence electrons. The maximum atomic E-state index is 12.5. The van der Waals surface area contributed by atoms with Crippen molar-refractivity contribution in [3.05, 3.63) is 78.4 Å². The molecule has 0 saturated carbocycles. The third-order valence-corrected chi connectivity index (χ3v) is 5.89. The molecule has 1 aromatic heterocycles. The Labute approximate surface area is 180 Å². The molecule has 0 aliphatic heterocycles. The van der Waals surface area contributed by atoms with Crippen molar-refractivity contribution in [1.29, 1.82) is 0 Å². The van der Waals surface area contributed by atoms with E-state index in [1.165, 1.54) is 5.56 Å². The molecule has 1 heterocycles. The third-order valence-electron chi connectivity index (χ3n) is 4.82. The number of aromatic nitrogens is 1. The molecule has 30 heavy (non-hydrogen) atoms. The van der Waals surface area contributed by atoms with Crippen LogP contribution in [-0.2, 0) is 10.2 Å². The fraction of sp³-hybridized carbons (Fsp3) is 0.200. The van der Waals surface area contributed by atoms with Crippen molar-refractivity contribution in [2.75, 3.05) is 11.9 Å². The summed E-state index contributed by atoms with van der Waals surface area (Å²) in [5.41, 5.74) is 3.90. The fourth-order valence-corrected chi connectivity index (χ4v) is 4.16. The fourth-order valence-electron chi connectivity index (χ4n) is 3.15. The number of amides is 1. The van der Waals surface area contributed by atoms with Crippen molar-refractivity contribution in [1.82, 2.24) is 4.98 Å². The molecule has 0 unspecified atom stereocenters. The number of fused-ring (bicyclic) bond motifs is 1. The van der Waals surface area contributed by atoms with Crippen LogP contribution in [0.15, 0.2) is 72.8 Å². The first kappa shape index (κ1) is 20.1. The van der Waals surface area contributed by atoms with Crippen molar-refractivity contribution < 1.29 is 9.53 Å². The SMILES string of the molecule is CC(C)(C)c1ccc(OCC(=O)Nc2ccccc2-c2nc3ccccc3s2)cc1. The number of nitrogens with one attached hydrogen (secondary N) is 1. The van der Waals surface area contributed by atoms with Gasteiger partial charge in [0.2, 0.25) is 0 Å². The van der Waals surface area contributed by atoms with Gasteiger partial charge >= 0.3 is 0 Å². The Hall–Kier alpha value is -3.18. The molecular formula is C25H24N2O2S. The molecule has 0 saturated heterocycles. The van der Waals surface area contributed by atoms with E-state index in [9.17, 15) is 4.79 Å². The minimum Gasteiger partial charge on any atom is -0.484 e. The second kappa shape index (κ2) is 8.28. The lowest BCUT2D eigenvalue weighted by Gasteiger charge is -2.19. The van der Waals surface area contributed by atoms with Gasteiger partial charge in [0.15, 0.2) is 6.61 Å². The Morgan fingerprint density at radius 3 is 2.40 bits per heavy atom. The van der Waals surface area contributed by atoms with E-state index in [4.69, 9.17) is 9.72 Å². The van der Waals surface area contributed by atoms with E-state index in [2.05, 4.69) is 32.2 Å². The minimum absolute atomic E-state index is 0.0525. The highest BCUT2D eigenvalue weighted by atomic mass is 32.1. The molecule has 1 amide bonds. The standard InChI is InChI=1S/C25H24N2O2S/c1-25(2,3)17-12-14-18(15-13-17)29-16-23(28)26-20-9-5-4-8-19(20)24-27-21-10-6-7-11-22(21)30-24/h4-15H,16H2,1-3H3,(H,26,28). The minimum atomic E-state index is -0.205. The Bertz CT molecular complexity index is 1140. The van der Waals surface area contributed by atoms with Gasteiger partial charge in [-0.25, -0.2) is 4.98 Å². The lowest BCUT2D eigenvalue weighted by atomic mass is 9.87. The highest BCUT2D eigenvalue weighted by molar-refractivity contribution is 7.21. The summed E-state index contributed by atoms with van der Waals surface area (Å²) in [5.74, 6) is 0.473. The van der Waals surface area contributed by atoms with E-state index >= 15 is 0 Å². The van der Waals surface area contributed by atoms with Crippen LogP contribution in [-0.4, -0.2) is 17.5 Å². The molecule has 0 radical (unpaired) electrons. The Kier molecular flexibility index (Phi) is 5.55. The average Bonchev–Trinajstić information content (AvgIpc) is 3.16. The lowest BCUT2D eigenvalue weighted by Crippen LogP contribution is -2.20. The Morgan fingerprint density at radius 2 is 1.67 bits per heavy atom. The van der Waals surface area contributed by atoms with Crippen LogP contribution in [0.3, 0.4) is 0 Å². The molecule has 1 N–H and O–H groups in total. The highest BCUT2D eigenvalue weighted by Gasteiger charge is 2.14. The van der Waals surface area contributed by atoms with Gasteiger partial charge in [-0.05, 0) is 47.4 Å². The third kappa shape index (κ3) is 4.52. The van der Waals surface area contributed by atoms with Gasteiger partial charge in [0.1, 0.15) is 10.8 Å². The number of carbonyl (C=O) groups excluding carboxylic acids is 1. The van der Waals surface area contributed by atoms with Gasteiger partial charge in [-0.2, -0.15) is 0 Å². The molecule has 0 aliphatic rings. The normalized spacial score (nSPS) is 11.4. The number of carbonyl (C=O) groups is 1. The van der Waals surface area contributed by atoms with Gasteiger partial charge in [0, 0.05) is 5.56 Å². The van der Waals surface area contributed by atoms with Crippen molar-refractivity contribution in [3.8, 4) is 16.3 Å². The van der Waals surface area contributed by atoms with Gasteiger partial charge in [-0.1, -0.05) is 57.2 Å². The number of anilines is 1. The number of rotatable bonds is 5. The molecule has 5 heteroatoms. The Balaban J connectivity index is 1.45. The number of benzene rings is 3. The maximum absolute atomic E-state index is 12.5. The van der Waals surface area contributed by atoms with Crippen LogP contribution in [0.4, 0.5) is 5.69 Å². The summed E-state index contributed by atoms with van der Waals surface area (Å²) in [5, 5.41) is 3.84. The topological polar surface area (TPSA) is 51.2 Å². The van der Waals surface area contributed by atoms with Gasteiger partial charge in [-0.15, -0.1) is 11.3 Å². The summed E-state index contributed by atoms with van der Waals surface area (Å²) in [6.07, 6.45) is 0. The first-order valence-electron chi connectivity index (χ1n) is 9.88. The number of hydrogen-bond donors (Lipinski definition) is 1. The van der Waals surface area contributed by atoms with Crippen LogP contribution >= 0.6 is 11.3 Å². The smallest absolute Gasteiger partial charge is 0.262 e. The summed E-state index contributed by atoms with van der Waals surface area (Å²) < 4.78 is 6.80. The van der Waals surface area contributed by atoms with Gasteiger partial charge in [0.25, 0.3) is 5.91 Å². The van der Waals surface area contributed by atoms with Crippen LogP contribution in [0.1, 0.15) is 26.3 Å². The first-order valence-corrected chi connectivity index (χ1v) is 10.7. The molecule has 4 rings (SSSR count). The zero-order valence-corrected chi connectivity index (χ0v) is 18.1. The summed E-state index contributed by atoms with van der Waals surface area (Å²) in [6.45, 7) is 6.45. The van der Waals surface area contributed by atoms with Crippen LogP contribution < -0.4 is 10.1 Å². The summed E-state index contributed by atoms with van der Waals surface area (Å²) in [4.78, 5) is 17.2. The van der Waals surface area contributed by atoms with E-state index in [1.54, 1.807) is 11.3 Å². The number of hydrogen-bond acceptors (Lipinski definition) is 4. The lowest BCUT2D eigenvalue weighted by molar-refractivity contribution is -0.118. The molecule has 3 aromatic carbocycles. The maximum Gasteiger partial charge on any atom is 0.262 e. The monoisotopic (exact) mass is 416 g/mol. The summed E-state index contributed by atoms with van der Waals surface area (Å²) >= 11 is 1.61. The molecular weight excluding hydrogens is 392 g/mol. The highest BCUT2D eigenvalue weighted by Crippen LogP contribution is 2.34. The van der Waals surface area contributed by atoms with Crippen molar-refractivity contribution in [2.24, 2.45) is 0 Å². The number of nitrogens with zero attached hydrogens (tertiary/aromatic N) is 1. The van der Waals surface area contributed by atoms with Crippen LogP contribution in [0, 0.1) is 0 Å². The van der Waals surface area contributed by atoms with Crippen LogP contribution in [0.25, 0.3) is 20.8 Å². The Morgan fingerprint density at radius 1 is 0.967 bits per heavy atom. The summed E-state index contributed by atoms with van der Waals surface area (Å²) in [6, 6.07) is 23.6. The van der Waals surface area contributed by atoms with E-state index in [-0.39, 0.29) is 17.9 Å². The molecule has 0 aliphatic carbocycles. The number of para-hydroxylation sites is 2. The molecule has 0 fully saturated rings. The first-order chi connectivity index (χ1) is 14.4. The largest absolute Gasteiger partial charge is 0.484 e. The van der Waals surface area contributed by atoms with Crippen molar-refractivity contribution in [3.63, 3.8) is 0 Å². The predicted molar refractivity (Wildman–Crippen MR) is 124 cm³/mol. The van der Waals surface area contributed by atoms with Gasteiger partial charge < -0.3 is 10.1 Å². The van der Waals surface area contributed by atoms with E-state index in [0.717, 1.165) is 26.5 Å². The molecule has 0 atom stereocenters. The van der Waals surface area contributed by atoms with Gasteiger partial charge in [0.05, 0.1) is 15.9 Å². The van der Waals surface area contributed by atoms with Crippen molar-refractivity contribution >= 4 is 33.1 Å². The van der Waals surface area contributed by atoms with Crippen LogP contribution in [0.5, 0.6) is 5.75 Å². The summed E-state index contributed by atoms with van der Waals surface area (Å²) in [7, 11) is 0. The second-order valence-electron chi connectivity index (χ2n) is 8.14. The molecule has 4 nitrogen and oxygen atoms in total. The molecule has 4 aromatic rings. The van der Waals surface area contributed by atoms with Crippen LogP contribution in [0.2, 0.25) is 0 Å². The number of thiazole rings is 1. The van der Waals surface area contributed by atoms with Gasteiger partial charge in [-0.3, -0.25) is 4.79 Å². The number of ether oxygens (including phenoxy) is 1.